The third-order valence-corrected chi connectivity index (χ3v) is 2.12. The number of thiazole rings is 1. The molecule has 0 amide bonds. The van der Waals surface area contributed by atoms with Crippen LogP contribution in [-0.4, -0.2) is 4.98 Å². The van der Waals surface area contributed by atoms with Crippen molar-refractivity contribution in [3.05, 3.63) is 29.2 Å². The summed E-state index contributed by atoms with van der Waals surface area (Å²) in [7, 11) is 0. The Balaban J connectivity index is 2.98. The second kappa shape index (κ2) is 2.80. The summed E-state index contributed by atoms with van der Waals surface area (Å²) in [5, 5.41) is 2.96. The predicted molar refractivity (Wildman–Crippen MR) is 46.9 cm³/mol. The van der Waals surface area contributed by atoms with Crippen LogP contribution >= 0.6 is 11.3 Å². The van der Waals surface area contributed by atoms with Crippen molar-refractivity contribution in [2.75, 3.05) is 0 Å². The third-order valence-electron chi connectivity index (χ3n) is 1.10. The molecule has 0 atom stereocenters. The van der Waals surface area contributed by atoms with Crippen molar-refractivity contribution in [3.8, 4) is 0 Å². The van der Waals surface area contributed by atoms with E-state index < -0.39 is 0 Å². The first kappa shape index (κ1) is 7.22. The fraction of sp³-hybridized carbons (Fsp3) is 0.125. The van der Waals surface area contributed by atoms with Crippen LogP contribution in [0, 0.1) is 0 Å². The van der Waals surface area contributed by atoms with Crippen molar-refractivity contribution < 1.29 is 0 Å². The first-order valence-corrected chi connectivity index (χ1v) is 3.86. The molecule has 0 unspecified atom stereocenters. The monoisotopic (exact) mass is 151 g/mol. The summed E-state index contributed by atoms with van der Waals surface area (Å²) >= 11 is 1.60. The molecule has 0 aromatic carbocycles. The summed E-state index contributed by atoms with van der Waals surface area (Å²) in [6.45, 7) is 9.35. The van der Waals surface area contributed by atoms with Gasteiger partial charge in [0.25, 0.3) is 0 Å². The molecule has 0 N–H and O–H groups in total. The van der Waals surface area contributed by atoms with Gasteiger partial charge in [-0.05, 0) is 18.6 Å². The molecule has 1 aromatic heterocycles. The molecule has 0 saturated heterocycles. The van der Waals surface area contributed by atoms with Crippen LogP contribution in [0.3, 0.4) is 0 Å². The van der Waals surface area contributed by atoms with Gasteiger partial charge in [0.05, 0.1) is 5.69 Å². The van der Waals surface area contributed by atoms with Crippen molar-refractivity contribution in [3.63, 3.8) is 0 Å². The average Bonchev–Trinajstić information content (AvgIpc) is 2.34. The number of hydrogen-bond acceptors (Lipinski definition) is 2. The van der Waals surface area contributed by atoms with Crippen LogP contribution in [-0.2, 0) is 0 Å². The molecule has 0 aliphatic rings. The smallest absolute Gasteiger partial charge is 0.119 e. The maximum absolute atomic E-state index is 4.23. The van der Waals surface area contributed by atoms with Gasteiger partial charge in [-0.1, -0.05) is 13.2 Å². The SMILES string of the molecule is C=Cc1csc(C(=C)C)n1. The minimum Gasteiger partial charge on any atom is -0.237 e. The Bertz CT molecular complexity index is 260. The zero-order valence-electron chi connectivity index (χ0n) is 5.92. The van der Waals surface area contributed by atoms with Gasteiger partial charge in [-0.3, -0.25) is 0 Å². The maximum Gasteiger partial charge on any atom is 0.119 e. The van der Waals surface area contributed by atoms with Crippen LogP contribution in [0.4, 0.5) is 0 Å². The number of allylic oxidation sites excluding steroid dienone is 1. The zero-order valence-corrected chi connectivity index (χ0v) is 6.74. The molecule has 1 heterocycles. The quantitative estimate of drug-likeness (QED) is 0.633. The van der Waals surface area contributed by atoms with E-state index in [4.69, 9.17) is 0 Å². The highest BCUT2D eigenvalue weighted by molar-refractivity contribution is 7.10. The lowest BCUT2D eigenvalue weighted by atomic mass is 10.4. The molecule has 0 bridgehead atoms. The van der Waals surface area contributed by atoms with Crippen molar-refractivity contribution >= 4 is 23.0 Å². The lowest BCUT2D eigenvalue weighted by Crippen LogP contribution is -1.74. The molecule has 0 aliphatic carbocycles. The van der Waals surface area contributed by atoms with E-state index in [2.05, 4.69) is 18.1 Å². The van der Waals surface area contributed by atoms with E-state index in [1.54, 1.807) is 17.4 Å². The Morgan fingerprint density at radius 2 is 2.50 bits per heavy atom. The first-order valence-electron chi connectivity index (χ1n) is 2.98. The number of nitrogens with zero attached hydrogens (tertiary/aromatic N) is 1. The fourth-order valence-electron chi connectivity index (χ4n) is 0.576. The first-order chi connectivity index (χ1) is 4.74. The Morgan fingerprint density at radius 3 is 2.80 bits per heavy atom. The highest BCUT2D eigenvalue weighted by Crippen LogP contribution is 2.17. The highest BCUT2D eigenvalue weighted by atomic mass is 32.1. The van der Waals surface area contributed by atoms with E-state index in [-0.39, 0.29) is 0 Å². The molecule has 1 aromatic rings. The largest absolute Gasteiger partial charge is 0.237 e. The summed E-state index contributed by atoms with van der Waals surface area (Å²) in [4.78, 5) is 4.23. The van der Waals surface area contributed by atoms with E-state index in [0.717, 1.165) is 16.3 Å². The normalized spacial score (nSPS) is 9.30. The standard InChI is InChI=1S/C8H9NS/c1-4-7-5-10-8(9-7)6(2)3/h4-5H,1-2H2,3H3. The van der Waals surface area contributed by atoms with Gasteiger partial charge in [0, 0.05) is 5.38 Å². The Hall–Kier alpha value is -0.890. The second-order valence-electron chi connectivity index (χ2n) is 2.06. The molecule has 0 radical (unpaired) electrons. The average molecular weight is 151 g/mol. The molecule has 0 saturated carbocycles. The van der Waals surface area contributed by atoms with Gasteiger partial charge in [0.15, 0.2) is 0 Å². The van der Waals surface area contributed by atoms with Crippen LogP contribution in [0.2, 0.25) is 0 Å². The van der Waals surface area contributed by atoms with Crippen LogP contribution < -0.4 is 0 Å². The second-order valence-corrected chi connectivity index (χ2v) is 2.92. The highest BCUT2D eigenvalue weighted by Gasteiger charge is 1.97. The van der Waals surface area contributed by atoms with Crippen molar-refractivity contribution in [2.24, 2.45) is 0 Å². The molecule has 1 nitrogen and oxygen atoms in total. The Labute approximate surface area is 64.7 Å². The fourth-order valence-corrected chi connectivity index (χ4v) is 1.32. The van der Waals surface area contributed by atoms with Gasteiger partial charge >= 0.3 is 0 Å². The van der Waals surface area contributed by atoms with Gasteiger partial charge in [0.1, 0.15) is 5.01 Å². The predicted octanol–water partition coefficient (Wildman–Crippen LogP) is 2.82. The van der Waals surface area contributed by atoms with Crippen LogP contribution in [0.1, 0.15) is 17.6 Å². The summed E-state index contributed by atoms with van der Waals surface area (Å²) in [5.41, 5.74) is 1.95. The van der Waals surface area contributed by atoms with Crippen molar-refractivity contribution in [1.82, 2.24) is 4.98 Å². The van der Waals surface area contributed by atoms with Crippen molar-refractivity contribution in [1.29, 1.82) is 0 Å². The lowest BCUT2D eigenvalue weighted by molar-refractivity contribution is 1.34. The summed E-state index contributed by atoms with van der Waals surface area (Å²) in [6, 6.07) is 0. The molecule has 0 spiro atoms. The summed E-state index contributed by atoms with van der Waals surface area (Å²) < 4.78 is 0. The maximum atomic E-state index is 4.23. The van der Waals surface area contributed by atoms with Crippen LogP contribution in [0.25, 0.3) is 11.6 Å². The lowest BCUT2D eigenvalue weighted by Gasteiger charge is -1.86. The minimum absolute atomic E-state index is 0.933. The summed E-state index contributed by atoms with van der Waals surface area (Å²) in [5.74, 6) is 0. The Morgan fingerprint density at radius 1 is 1.80 bits per heavy atom. The molecule has 0 fully saturated rings. The van der Waals surface area contributed by atoms with Crippen LogP contribution in [0.5, 0.6) is 0 Å². The number of rotatable bonds is 2. The topological polar surface area (TPSA) is 12.9 Å². The van der Waals surface area contributed by atoms with Gasteiger partial charge < -0.3 is 0 Å². The molecule has 1 rings (SSSR count). The van der Waals surface area contributed by atoms with Gasteiger partial charge in [-0.15, -0.1) is 11.3 Å². The zero-order chi connectivity index (χ0) is 7.56. The Kier molecular flexibility index (Phi) is 2.02. The van der Waals surface area contributed by atoms with E-state index in [0.29, 0.717) is 0 Å². The number of aromatic nitrogens is 1. The molecular weight excluding hydrogens is 142 g/mol. The van der Waals surface area contributed by atoms with E-state index in [9.17, 15) is 0 Å². The molecule has 52 valence electrons. The van der Waals surface area contributed by atoms with Crippen LogP contribution in [0.15, 0.2) is 18.5 Å². The minimum atomic E-state index is 0.933. The molecule has 10 heavy (non-hydrogen) atoms. The summed E-state index contributed by atoms with van der Waals surface area (Å²) in [6.07, 6.45) is 1.74. The van der Waals surface area contributed by atoms with Gasteiger partial charge in [0.2, 0.25) is 0 Å². The van der Waals surface area contributed by atoms with Gasteiger partial charge in [-0.25, -0.2) is 4.98 Å². The molecule has 2 heteroatoms. The van der Waals surface area contributed by atoms with E-state index in [1.807, 2.05) is 12.3 Å². The number of hydrogen-bond donors (Lipinski definition) is 0. The van der Waals surface area contributed by atoms with Crippen molar-refractivity contribution in [2.45, 2.75) is 6.92 Å². The molecular formula is C8H9NS. The molecule has 0 aliphatic heterocycles. The van der Waals surface area contributed by atoms with E-state index in [1.165, 1.54) is 0 Å². The third kappa shape index (κ3) is 1.33. The van der Waals surface area contributed by atoms with E-state index >= 15 is 0 Å². The van der Waals surface area contributed by atoms with Gasteiger partial charge in [-0.2, -0.15) is 0 Å².